The molecular weight excluding hydrogens is 641 g/mol. The fourth-order valence-electron chi connectivity index (χ4n) is 8.05. The zero-order valence-corrected chi connectivity index (χ0v) is 33.3. The number of nitrogens with one attached hydrogen (secondary N) is 1. The number of para-hydroxylation sites is 1. The van der Waals surface area contributed by atoms with E-state index >= 15 is 0 Å². The number of amides is 1. The Balaban J connectivity index is 1.66. The molecule has 5 aromatic rings. The van der Waals surface area contributed by atoms with Crippen LogP contribution in [0.25, 0.3) is 44.5 Å². The van der Waals surface area contributed by atoms with Crippen LogP contribution in [0.15, 0.2) is 67.3 Å². The maximum atomic E-state index is 13.5. The second-order valence-corrected chi connectivity index (χ2v) is 14.7. The van der Waals surface area contributed by atoms with Crippen molar-refractivity contribution >= 4 is 5.91 Å². The normalized spacial score (nSPS) is 11.5. The predicted molar refractivity (Wildman–Crippen MR) is 217 cm³/mol. The monoisotopic (exact) mass is 696 g/mol. The topological polar surface area (TPSA) is 67.3 Å². The van der Waals surface area contributed by atoms with Gasteiger partial charge in [0.05, 0.1) is 0 Å². The number of carbonyl (C=O) groups excluding carboxylic acids is 1. The van der Waals surface area contributed by atoms with Crippen molar-refractivity contribution in [1.29, 1.82) is 0 Å². The summed E-state index contributed by atoms with van der Waals surface area (Å²) in [6.45, 7) is 27.7. The summed E-state index contributed by atoms with van der Waals surface area (Å²) in [6.07, 6.45) is 7.41. The second-order valence-electron chi connectivity index (χ2n) is 14.7. The zero-order chi connectivity index (χ0) is 37.9. The highest BCUT2D eigenvalue weighted by atomic mass is 16.5. The quantitative estimate of drug-likeness (QED) is 0.141. The summed E-state index contributed by atoms with van der Waals surface area (Å²) < 4.78 is 6.76. The molecule has 0 spiro atoms. The van der Waals surface area contributed by atoms with Crippen molar-refractivity contribution in [3.63, 3.8) is 0 Å². The molecule has 272 valence electrons. The molecule has 0 unspecified atom stereocenters. The molecule has 0 atom stereocenters. The van der Waals surface area contributed by atoms with Crippen LogP contribution < -0.4 is 10.1 Å². The number of nitrogens with zero attached hydrogens (tertiary/aromatic N) is 3. The molecule has 0 aliphatic carbocycles. The number of ether oxygens (including phenoxy) is 1. The molecule has 5 rings (SSSR count). The molecule has 52 heavy (non-hydrogen) atoms. The third kappa shape index (κ3) is 7.54. The first kappa shape index (κ1) is 38.4. The van der Waals surface area contributed by atoms with Crippen LogP contribution in [0.3, 0.4) is 0 Å². The number of pyridine rings is 2. The summed E-state index contributed by atoms with van der Waals surface area (Å²) in [5.74, 6) is 0.600. The SMILES string of the molecule is Cc1c(C)c(-c2cccc(-c3c(C)c(C)c(-c4ccncc4)c(C)c3C)c2OCC(=O)NCCN(C(C)C)C(C)C)c(C)c(C)c1-c1ccncc1. The molecule has 1 N–H and O–H groups in total. The van der Waals surface area contributed by atoms with Crippen LogP contribution in [0.2, 0.25) is 0 Å². The molecule has 6 heteroatoms. The molecule has 0 saturated carbocycles. The molecule has 6 nitrogen and oxygen atoms in total. The molecule has 3 aromatic carbocycles. The number of hydrogen-bond donors (Lipinski definition) is 1. The van der Waals surface area contributed by atoms with Crippen LogP contribution in [-0.2, 0) is 4.79 Å². The van der Waals surface area contributed by atoms with E-state index in [1.807, 2.05) is 24.8 Å². The van der Waals surface area contributed by atoms with E-state index < -0.39 is 0 Å². The average molecular weight is 697 g/mol. The minimum absolute atomic E-state index is 0.0797. The van der Waals surface area contributed by atoms with Crippen LogP contribution in [0.5, 0.6) is 5.75 Å². The molecule has 0 saturated heterocycles. The van der Waals surface area contributed by atoms with Crippen molar-refractivity contribution in [3.8, 4) is 50.3 Å². The van der Waals surface area contributed by atoms with Crippen molar-refractivity contribution < 1.29 is 9.53 Å². The number of rotatable bonds is 12. The molecule has 2 aromatic heterocycles. The summed E-state index contributed by atoms with van der Waals surface area (Å²) in [4.78, 5) is 24.4. The van der Waals surface area contributed by atoms with E-state index in [1.54, 1.807) is 0 Å². The summed E-state index contributed by atoms with van der Waals surface area (Å²) in [6, 6.07) is 15.5. The maximum Gasteiger partial charge on any atom is 0.257 e. The molecule has 1 amide bonds. The van der Waals surface area contributed by atoms with Crippen LogP contribution in [0.4, 0.5) is 0 Å². The third-order valence-corrected chi connectivity index (χ3v) is 11.1. The summed E-state index contributed by atoms with van der Waals surface area (Å²) in [7, 11) is 0. The summed E-state index contributed by atoms with van der Waals surface area (Å²) in [5.41, 5.74) is 18.7. The lowest BCUT2D eigenvalue weighted by Crippen LogP contribution is -2.43. The van der Waals surface area contributed by atoms with Crippen molar-refractivity contribution in [2.75, 3.05) is 19.7 Å². The molecular formula is C46H56N4O2. The van der Waals surface area contributed by atoms with E-state index in [9.17, 15) is 4.79 Å². The van der Waals surface area contributed by atoms with Gasteiger partial charge >= 0.3 is 0 Å². The van der Waals surface area contributed by atoms with Crippen LogP contribution in [-0.4, -0.2) is 52.6 Å². The van der Waals surface area contributed by atoms with E-state index in [2.05, 4.69) is 146 Å². The minimum atomic E-state index is -0.129. The second kappa shape index (κ2) is 16.2. The Bertz CT molecular complexity index is 1880. The largest absolute Gasteiger partial charge is 0.482 e. The Morgan fingerprint density at radius 1 is 0.596 bits per heavy atom. The Morgan fingerprint density at radius 3 is 1.33 bits per heavy atom. The maximum absolute atomic E-state index is 13.5. The fraction of sp³-hybridized carbons (Fsp3) is 0.370. The molecule has 0 aliphatic heterocycles. The van der Waals surface area contributed by atoms with E-state index in [-0.39, 0.29) is 12.5 Å². The Kier molecular flexibility index (Phi) is 12.0. The first-order chi connectivity index (χ1) is 24.8. The summed E-state index contributed by atoms with van der Waals surface area (Å²) in [5, 5.41) is 3.13. The van der Waals surface area contributed by atoms with Crippen molar-refractivity contribution in [2.24, 2.45) is 0 Å². The third-order valence-electron chi connectivity index (χ3n) is 11.1. The lowest BCUT2D eigenvalue weighted by Gasteiger charge is -2.30. The van der Waals surface area contributed by atoms with Gasteiger partial charge in [0.15, 0.2) is 6.61 Å². The first-order valence-corrected chi connectivity index (χ1v) is 18.6. The van der Waals surface area contributed by atoms with Crippen LogP contribution in [0.1, 0.15) is 72.2 Å². The van der Waals surface area contributed by atoms with E-state index in [1.165, 1.54) is 55.6 Å². The van der Waals surface area contributed by atoms with Crippen molar-refractivity contribution in [3.05, 3.63) is 112 Å². The Labute approximate surface area is 311 Å². The molecule has 2 heterocycles. The van der Waals surface area contributed by atoms with Crippen LogP contribution in [0, 0.1) is 55.4 Å². The van der Waals surface area contributed by atoms with Crippen molar-refractivity contribution in [2.45, 2.75) is 95.2 Å². The molecule has 0 radical (unpaired) electrons. The van der Waals surface area contributed by atoms with Gasteiger partial charge in [0.1, 0.15) is 5.75 Å². The van der Waals surface area contributed by atoms with Gasteiger partial charge in [-0.05, 0) is 185 Å². The standard InChI is InChI=1S/C46H56N4O2/c1-27(2)50(28(3)4)25-24-49-41(51)26-52-46-39(44-33(9)29(5)42(30(6)34(44)10)37-16-20-47-21-17-37)14-13-15-40(46)45-35(11)31(7)43(32(8)36(45)12)38-18-22-48-23-19-38/h13-23,27-28H,24-26H2,1-12H3,(H,49,51). The lowest BCUT2D eigenvalue weighted by atomic mass is 9.80. The van der Waals surface area contributed by atoms with Crippen LogP contribution >= 0.6 is 0 Å². The van der Waals surface area contributed by atoms with E-state index in [4.69, 9.17) is 4.74 Å². The highest BCUT2D eigenvalue weighted by Crippen LogP contribution is 2.48. The first-order valence-electron chi connectivity index (χ1n) is 18.6. The predicted octanol–water partition coefficient (Wildman–Crippen LogP) is 10.2. The van der Waals surface area contributed by atoms with E-state index in [0.29, 0.717) is 18.6 Å². The van der Waals surface area contributed by atoms with Gasteiger partial charge in [-0.2, -0.15) is 0 Å². The smallest absolute Gasteiger partial charge is 0.257 e. The van der Waals surface area contributed by atoms with Gasteiger partial charge in [-0.1, -0.05) is 18.2 Å². The van der Waals surface area contributed by atoms with E-state index in [0.717, 1.165) is 45.7 Å². The highest BCUT2D eigenvalue weighted by molar-refractivity contribution is 5.92. The number of benzene rings is 3. The van der Waals surface area contributed by atoms with Gasteiger partial charge in [0.2, 0.25) is 0 Å². The van der Waals surface area contributed by atoms with Gasteiger partial charge in [0.25, 0.3) is 5.91 Å². The number of aromatic nitrogens is 2. The number of carbonyl (C=O) groups is 1. The highest BCUT2D eigenvalue weighted by Gasteiger charge is 2.25. The van der Waals surface area contributed by atoms with Crippen molar-refractivity contribution in [1.82, 2.24) is 20.2 Å². The fourth-order valence-corrected chi connectivity index (χ4v) is 8.05. The number of hydrogen-bond acceptors (Lipinski definition) is 5. The molecule has 0 fully saturated rings. The summed E-state index contributed by atoms with van der Waals surface area (Å²) >= 11 is 0. The van der Waals surface area contributed by atoms with Gasteiger partial charge < -0.3 is 10.1 Å². The Hall–Kier alpha value is -4.81. The lowest BCUT2D eigenvalue weighted by molar-refractivity contribution is -0.123. The molecule has 0 bridgehead atoms. The van der Waals surface area contributed by atoms with Gasteiger partial charge in [-0.3, -0.25) is 19.7 Å². The van der Waals surface area contributed by atoms with Gasteiger partial charge in [-0.15, -0.1) is 0 Å². The van der Waals surface area contributed by atoms with Gasteiger partial charge in [-0.25, -0.2) is 0 Å². The average Bonchev–Trinajstić information content (AvgIpc) is 3.12. The molecule has 0 aliphatic rings. The van der Waals surface area contributed by atoms with Gasteiger partial charge in [0, 0.05) is 61.1 Å². The Morgan fingerprint density at radius 2 is 0.962 bits per heavy atom. The minimum Gasteiger partial charge on any atom is -0.482 e. The zero-order valence-electron chi connectivity index (χ0n) is 33.3.